The van der Waals surface area contributed by atoms with Crippen LogP contribution in [0.2, 0.25) is 0 Å². The van der Waals surface area contributed by atoms with Crippen molar-refractivity contribution in [2.75, 3.05) is 13.1 Å². The molecule has 2 aliphatic heterocycles. The van der Waals surface area contributed by atoms with Crippen LogP contribution in [-0.4, -0.2) is 46.8 Å². The minimum absolute atomic E-state index is 0.154. The van der Waals surface area contributed by atoms with Crippen molar-refractivity contribution >= 4 is 11.8 Å². The molecule has 4 heteroatoms. The number of rotatable bonds is 2. The number of hydrogen-bond donors (Lipinski definition) is 0. The van der Waals surface area contributed by atoms with Crippen LogP contribution in [0.5, 0.6) is 0 Å². The van der Waals surface area contributed by atoms with Crippen molar-refractivity contribution in [3.63, 3.8) is 0 Å². The van der Waals surface area contributed by atoms with Gasteiger partial charge in [-0.15, -0.1) is 0 Å². The first kappa shape index (κ1) is 15.5. The molecule has 0 aromatic rings. The molecule has 2 saturated carbocycles. The Morgan fingerprint density at radius 1 is 0.826 bits per heavy atom. The van der Waals surface area contributed by atoms with Gasteiger partial charge in [0, 0.05) is 37.0 Å². The van der Waals surface area contributed by atoms with Crippen molar-refractivity contribution in [1.82, 2.24) is 9.80 Å². The van der Waals surface area contributed by atoms with E-state index in [1.54, 1.807) is 0 Å². The Balaban J connectivity index is 1.36. The molecule has 0 N–H and O–H groups in total. The maximum atomic E-state index is 13.1. The van der Waals surface area contributed by atoms with Crippen molar-refractivity contribution in [1.29, 1.82) is 0 Å². The zero-order chi connectivity index (χ0) is 16.0. The van der Waals surface area contributed by atoms with E-state index in [1.165, 1.54) is 32.1 Å². The monoisotopic (exact) mass is 318 g/mol. The van der Waals surface area contributed by atoms with Gasteiger partial charge < -0.3 is 9.80 Å². The quantitative estimate of drug-likeness (QED) is 0.785. The molecular formula is C19H30N2O2. The molecule has 0 unspecified atom stereocenters. The Kier molecular flexibility index (Phi) is 4.10. The SMILES string of the molecule is C[C@@H]1C[C@@H]2CCCC[C@H]2N1C(=O)C1CCN(C(=O)C2CC2)CC1. The summed E-state index contributed by atoms with van der Waals surface area (Å²) in [5, 5.41) is 0. The van der Waals surface area contributed by atoms with Crippen LogP contribution >= 0.6 is 0 Å². The van der Waals surface area contributed by atoms with Crippen LogP contribution in [-0.2, 0) is 9.59 Å². The molecule has 128 valence electrons. The minimum atomic E-state index is 0.154. The van der Waals surface area contributed by atoms with E-state index in [1.807, 2.05) is 4.90 Å². The zero-order valence-electron chi connectivity index (χ0n) is 14.4. The molecule has 4 fully saturated rings. The lowest BCUT2D eigenvalue weighted by Gasteiger charge is -2.38. The molecule has 0 aromatic heterocycles. The Morgan fingerprint density at radius 2 is 1.48 bits per heavy atom. The van der Waals surface area contributed by atoms with E-state index < -0.39 is 0 Å². The Bertz CT molecular complexity index is 480. The molecule has 4 nitrogen and oxygen atoms in total. The van der Waals surface area contributed by atoms with Crippen molar-refractivity contribution in [3.05, 3.63) is 0 Å². The summed E-state index contributed by atoms with van der Waals surface area (Å²) in [6.45, 7) is 3.83. The summed E-state index contributed by atoms with van der Waals surface area (Å²) in [4.78, 5) is 29.5. The lowest BCUT2D eigenvalue weighted by Crippen LogP contribution is -2.49. The second kappa shape index (κ2) is 6.10. The first-order valence-corrected chi connectivity index (χ1v) is 9.76. The van der Waals surface area contributed by atoms with Gasteiger partial charge in [0.2, 0.25) is 11.8 Å². The van der Waals surface area contributed by atoms with E-state index in [-0.39, 0.29) is 5.92 Å². The van der Waals surface area contributed by atoms with E-state index in [0.29, 0.717) is 29.8 Å². The van der Waals surface area contributed by atoms with Crippen LogP contribution in [0.3, 0.4) is 0 Å². The maximum Gasteiger partial charge on any atom is 0.226 e. The van der Waals surface area contributed by atoms with Gasteiger partial charge in [0.25, 0.3) is 0 Å². The molecule has 0 aromatic carbocycles. The summed E-state index contributed by atoms with van der Waals surface area (Å²) in [7, 11) is 0. The van der Waals surface area contributed by atoms with E-state index in [9.17, 15) is 9.59 Å². The average Bonchev–Trinajstić information content (AvgIpc) is 3.36. The second-order valence-corrected chi connectivity index (χ2v) is 8.32. The van der Waals surface area contributed by atoms with Gasteiger partial charge in [-0.25, -0.2) is 0 Å². The van der Waals surface area contributed by atoms with Crippen molar-refractivity contribution in [2.24, 2.45) is 17.8 Å². The van der Waals surface area contributed by atoms with Crippen molar-refractivity contribution < 1.29 is 9.59 Å². The summed E-state index contributed by atoms with van der Waals surface area (Å²) in [6.07, 6.45) is 10.2. The number of likely N-dealkylation sites (tertiary alicyclic amines) is 2. The normalized spacial score (nSPS) is 35.3. The molecule has 0 radical (unpaired) electrons. The predicted octanol–water partition coefficient (Wildman–Crippen LogP) is 2.81. The highest BCUT2D eigenvalue weighted by atomic mass is 16.2. The fourth-order valence-corrected chi connectivity index (χ4v) is 5.23. The number of amides is 2. The number of piperidine rings is 1. The highest BCUT2D eigenvalue weighted by molar-refractivity contribution is 5.82. The number of hydrogen-bond acceptors (Lipinski definition) is 2. The smallest absolute Gasteiger partial charge is 0.226 e. The largest absolute Gasteiger partial charge is 0.342 e. The first-order valence-electron chi connectivity index (χ1n) is 9.76. The van der Waals surface area contributed by atoms with E-state index in [4.69, 9.17) is 0 Å². The van der Waals surface area contributed by atoms with Gasteiger partial charge in [0.05, 0.1) is 0 Å². The van der Waals surface area contributed by atoms with Gasteiger partial charge in [-0.3, -0.25) is 9.59 Å². The topological polar surface area (TPSA) is 40.6 Å². The van der Waals surface area contributed by atoms with Gasteiger partial charge in [-0.1, -0.05) is 12.8 Å². The van der Waals surface area contributed by atoms with E-state index >= 15 is 0 Å². The van der Waals surface area contributed by atoms with Gasteiger partial charge >= 0.3 is 0 Å². The fourth-order valence-electron chi connectivity index (χ4n) is 5.23. The van der Waals surface area contributed by atoms with Crippen molar-refractivity contribution in [3.8, 4) is 0 Å². The summed E-state index contributed by atoms with van der Waals surface area (Å²) in [5.74, 6) is 1.95. The van der Waals surface area contributed by atoms with Crippen LogP contribution < -0.4 is 0 Å². The van der Waals surface area contributed by atoms with Crippen LogP contribution in [0.4, 0.5) is 0 Å². The number of carbonyl (C=O) groups excluding carboxylic acids is 2. The number of nitrogens with zero attached hydrogens (tertiary/aromatic N) is 2. The molecule has 3 atom stereocenters. The van der Waals surface area contributed by atoms with Gasteiger partial charge in [0.15, 0.2) is 0 Å². The summed E-state index contributed by atoms with van der Waals surface area (Å²) in [6, 6.07) is 0.930. The fraction of sp³-hybridized carbons (Fsp3) is 0.895. The Hall–Kier alpha value is -1.06. The Morgan fingerprint density at radius 3 is 2.17 bits per heavy atom. The average molecular weight is 318 g/mol. The lowest BCUT2D eigenvalue weighted by molar-refractivity contribution is -0.143. The highest BCUT2D eigenvalue weighted by Gasteiger charge is 2.45. The number of carbonyl (C=O) groups is 2. The van der Waals surface area contributed by atoms with Crippen LogP contribution in [0.15, 0.2) is 0 Å². The molecule has 4 rings (SSSR count). The first-order chi connectivity index (χ1) is 11.1. The lowest BCUT2D eigenvalue weighted by atomic mass is 9.84. The molecule has 2 heterocycles. The van der Waals surface area contributed by atoms with Gasteiger partial charge in [0.1, 0.15) is 0 Å². The van der Waals surface area contributed by atoms with E-state index in [2.05, 4.69) is 11.8 Å². The summed E-state index contributed by atoms with van der Waals surface area (Å²) >= 11 is 0. The van der Waals surface area contributed by atoms with Crippen LogP contribution in [0.1, 0.15) is 64.7 Å². The third-order valence-corrected chi connectivity index (χ3v) is 6.68. The van der Waals surface area contributed by atoms with Crippen LogP contribution in [0, 0.1) is 17.8 Å². The summed E-state index contributed by atoms with van der Waals surface area (Å²) in [5.41, 5.74) is 0. The zero-order valence-corrected chi connectivity index (χ0v) is 14.4. The van der Waals surface area contributed by atoms with Gasteiger partial charge in [-0.05, 0) is 57.8 Å². The molecular weight excluding hydrogens is 288 g/mol. The molecule has 2 saturated heterocycles. The maximum absolute atomic E-state index is 13.1. The van der Waals surface area contributed by atoms with Crippen molar-refractivity contribution in [2.45, 2.75) is 76.8 Å². The standard InChI is InChI=1S/C19H30N2O2/c1-13-12-16-4-2-3-5-17(16)21(13)19(23)15-8-10-20(11-9-15)18(22)14-6-7-14/h13-17H,2-12H2,1H3/t13-,16+,17-/m1/s1. The third kappa shape index (κ3) is 2.89. The Labute approximate surface area is 139 Å². The molecule has 0 spiro atoms. The molecule has 23 heavy (non-hydrogen) atoms. The molecule has 4 aliphatic rings. The summed E-state index contributed by atoms with van der Waals surface area (Å²) < 4.78 is 0. The second-order valence-electron chi connectivity index (χ2n) is 8.32. The minimum Gasteiger partial charge on any atom is -0.342 e. The molecule has 0 bridgehead atoms. The third-order valence-electron chi connectivity index (χ3n) is 6.68. The highest BCUT2D eigenvalue weighted by Crippen LogP contribution is 2.41. The van der Waals surface area contributed by atoms with E-state index in [0.717, 1.165) is 44.7 Å². The van der Waals surface area contributed by atoms with Crippen LogP contribution in [0.25, 0.3) is 0 Å². The number of fused-ring (bicyclic) bond motifs is 1. The van der Waals surface area contributed by atoms with Gasteiger partial charge in [-0.2, -0.15) is 0 Å². The molecule has 2 amide bonds. The predicted molar refractivity (Wildman–Crippen MR) is 88.7 cm³/mol. The molecule has 2 aliphatic carbocycles.